The van der Waals surface area contributed by atoms with Crippen LogP contribution >= 0.6 is 11.6 Å². The molecule has 1 aliphatic heterocycles. The van der Waals surface area contributed by atoms with E-state index < -0.39 is 23.7 Å². The number of anilines is 1. The third kappa shape index (κ3) is 3.85. The molecule has 1 fully saturated rings. The van der Waals surface area contributed by atoms with Crippen molar-refractivity contribution in [1.29, 1.82) is 0 Å². The van der Waals surface area contributed by atoms with Crippen molar-refractivity contribution in [3.63, 3.8) is 0 Å². The zero-order valence-electron chi connectivity index (χ0n) is 11.5. The maximum Gasteiger partial charge on any atom is 0.321 e. The first-order valence-corrected chi connectivity index (χ1v) is 6.98. The van der Waals surface area contributed by atoms with Crippen LogP contribution in [0, 0.1) is 17.7 Å². The summed E-state index contributed by atoms with van der Waals surface area (Å²) in [5.74, 6) is -1.99. The molecule has 0 saturated carbocycles. The molecular weight excluding hydrogens is 299 g/mol. The van der Waals surface area contributed by atoms with Gasteiger partial charge in [-0.05, 0) is 30.5 Å². The Labute approximate surface area is 126 Å². The molecule has 1 aliphatic rings. The minimum atomic E-state index is -0.906. The lowest BCUT2D eigenvalue weighted by Crippen LogP contribution is -2.47. The highest BCUT2D eigenvalue weighted by Crippen LogP contribution is 2.23. The number of hydrogen-bond acceptors (Lipinski definition) is 2. The second-order valence-electron chi connectivity index (χ2n) is 5.34. The Hall–Kier alpha value is -1.82. The van der Waals surface area contributed by atoms with Crippen LogP contribution in [0.1, 0.15) is 13.3 Å². The van der Waals surface area contributed by atoms with Gasteiger partial charge in [-0.1, -0.05) is 18.5 Å². The molecule has 2 N–H and O–H groups in total. The van der Waals surface area contributed by atoms with E-state index in [0.29, 0.717) is 13.0 Å². The first-order chi connectivity index (χ1) is 9.86. The van der Waals surface area contributed by atoms with Gasteiger partial charge in [-0.25, -0.2) is 9.18 Å². The molecule has 0 aromatic heterocycles. The summed E-state index contributed by atoms with van der Waals surface area (Å²) in [5, 5.41) is 11.6. The van der Waals surface area contributed by atoms with Gasteiger partial charge in [0.1, 0.15) is 5.82 Å². The molecule has 0 radical (unpaired) electrons. The SMILES string of the molecule is CC1CC(C(=O)O)CN(C(=O)Nc2ccc(Cl)c(F)c2)C1. The van der Waals surface area contributed by atoms with E-state index in [4.69, 9.17) is 16.7 Å². The van der Waals surface area contributed by atoms with Crippen LogP contribution in [0.4, 0.5) is 14.9 Å². The van der Waals surface area contributed by atoms with E-state index in [-0.39, 0.29) is 23.2 Å². The lowest BCUT2D eigenvalue weighted by molar-refractivity contribution is -0.143. The van der Waals surface area contributed by atoms with E-state index in [2.05, 4.69) is 5.32 Å². The first-order valence-electron chi connectivity index (χ1n) is 6.60. The van der Waals surface area contributed by atoms with E-state index in [1.54, 1.807) is 0 Å². The summed E-state index contributed by atoms with van der Waals surface area (Å²) in [6.07, 6.45) is 0.550. The number of piperidine rings is 1. The summed E-state index contributed by atoms with van der Waals surface area (Å²) in [6, 6.07) is 3.54. The Morgan fingerprint density at radius 2 is 2.14 bits per heavy atom. The summed E-state index contributed by atoms with van der Waals surface area (Å²) in [7, 11) is 0. The van der Waals surface area contributed by atoms with Crippen LogP contribution in [0.25, 0.3) is 0 Å². The number of carbonyl (C=O) groups is 2. The Bertz CT molecular complexity index is 567. The number of rotatable bonds is 2. The average Bonchev–Trinajstić information content (AvgIpc) is 2.42. The van der Waals surface area contributed by atoms with Crippen molar-refractivity contribution in [1.82, 2.24) is 4.90 Å². The second kappa shape index (κ2) is 6.30. The third-order valence-electron chi connectivity index (χ3n) is 3.47. The quantitative estimate of drug-likeness (QED) is 0.881. The number of aliphatic carboxylic acids is 1. The molecule has 0 aliphatic carbocycles. The van der Waals surface area contributed by atoms with Crippen LogP contribution in [0.3, 0.4) is 0 Å². The van der Waals surface area contributed by atoms with Gasteiger partial charge in [0.2, 0.25) is 0 Å². The van der Waals surface area contributed by atoms with E-state index >= 15 is 0 Å². The number of carboxylic acid groups (broad SMARTS) is 1. The van der Waals surface area contributed by atoms with Crippen LogP contribution in [-0.4, -0.2) is 35.1 Å². The normalized spacial score (nSPS) is 22.0. The number of nitrogens with one attached hydrogen (secondary N) is 1. The fourth-order valence-electron chi connectivity index (χ4n) is 2.47. The lowest BCUT2D eigenvalue weighted by Gasteiger charge is -2.34. The number of halogens is 2. The summed E-state index contributed by atoms with van der Waals surface area (Å²) in [6.45, 7) is 2.53. The van der Waals surface area contributed by atoms with E-state index in [9.17, 15) is 14.0 Å². The highest BCUT2D eigenvalue weighted by atomic mass is 35.5. The van der Waals surface area contributed by atoms with Crippen molar-refractivity contribution in [2.75, 3.05) is 18.4 Å². The Kier molecular flexibility index (Phi) is 4.67. The van der Waals surface area contributed by atoms with Crippen molar-refractivity contribution in [3.8, 4) is 0 Å². The maximum atomic E-state index is 13.3. The van der Waals surface area contributed by atoms with Crippen LogP contribution in [0.15, 0.2) is 18.2 Å². The predicted octanol–water partition coefficient (Wildman–Crippen LogP) is 3.05. The number of carboxylic acids is 1. The molecular formula is C14H16ClFN2O3. The van der Waals surface area contributed by atoms with Gasteiger partial charge in [0.25, 0.3) is 0 Å². The monoisotopic (exact) mass is 314 g/mol. The van der Waals surface area contributed by atoms with Gasteiger partial charge in [-0.3, -0.25) is 4.79 Å². The van der Waals surface area contributed by atoms with E-state index in [0.717, 1.165) is 6.07 Å². The number of hydrogen-bond donors (Lipinski definition) is 2. The number of nitrogens with zero attached hydrogens (tertiary/aromatic N) is 1. The van der Waals surface area contributed by atoms with Gasteiger partial charge in [-0.2, -0.15) is 0 Å². The smallest absolute Gasteiger partial charge is 0.321 e. The summed E-state index contributed by atoms with van der Waals surface area (Å²) >= 11 is 5.58. The Morgan fingerprint density at radius 1 is 1.43 bits per heavy atom. The molecule has 7 heteroatoms. The Balaban J connectivity index is 2.05. The molecule has 2 amide bonds. The third-order valence-corrected chi connectivity index (χ3v) is 3.77. The van der Waals surface area contributed by atoms with Crippen molar-refractivity contribution in [2.24, 2.45) is 11.8 Å². The standard InChI is InChI=1S/C14H16ClFN2O3/c1-8-4-9(13(19)20)7-18(6-8)14(21)17-10-2-3-11(15)12(16)5-10/h2-3,5,8-9H,4,6-7H2,1H3,(H,17,21)(H,19,20). The number of carbonyl (C=O) groups excluding carboxylic acids is 1. The second-order valence-corrected chi connectivity index (χ2v) is 5.75. The molecule has 0 bridgehead atoms. The zero-order chi connectivity index (χ0) is 15.6. The van der Waals surface area contributed by atoms with Crippen LogP contribution in [-0.2, 0) is 4.79 Å². The van der Waals surface area contributed by atoms with Gasteiger partial charge in [0, 0.05) is 18.8 Å². The largest absolute Gasteiger partial charge is 0.481 e. The molecule has 2 rings (SSSR count). The van der Waals surface area contributed by atoms with Gasteiger partial charge in [0.05, 0.1) is 10.9 Å². The first kappa shape index (κ1) is 15.6. The number of urea groups is 1. The number of benzene rings is 1. The molecule has 0 spiro atoms. The van der Waals surface area contributed by atoms with Crippen LogP contribution in [0.2, 0.25) is 5.02 Å². The summed E-state index contributed by atoms with van der Waals surface area (Å²) < 4.78 is 13.3. The Morgan fingerprint density at radius 3 is 2.76 bits per heavy atom. The van der Waals surface area contributed by atoms with Crippen molar-refractivity contribution in [2.45, 2.75) is 13.3 Å². The highest BCUT2D eigenvalue weighted by molar-refractivity contribution is 6.30. The maximum absolute atomic E-state index is 13.3. The van der Waals surface area contributed by atoms with Gasteiger partial charge in [-0.15, -0.1) is 0 Å². The van der Waals surface area contributed by atoms with Crippen LogP contribution in [0.5, 0.6) is 0 Å². The lowest BCUT2D eigenvalue weighted by atomic mass is 9.91. The molecule has 114 valence electrons. The molecule has 1 aromatic rings. The molecule has 2 atom stereocenters. The van der Waals surface area contributed by atoms with E-state index in [1.165, 1.54) is 17.0 Å². The predicted molar refractivity (Wildman–Crippen MR) is 76.9 cm³/mol. The molecule has 1 aromatic carbocycles. The van der Waals surface area contributed by atoms with Gasteiger partial charge in [0.15, 0.2) is 0 Å². The molecule has 21 heavy (non-hydrogen) atoms. The number of likely N-dealkylation sites (tertiary alicyclic amines) is 1. The fourth-order valence-corrected chi connectivity index (χ4v) is 2.59. The summed E-state index contributed by atoms with van der Waals surface area (Å²) in [5.41, 5.74) is 0.284. The number of amides is 2. The van der Waals surface area contributed by atoms with Crippen LogP contribution < -0.4 is 5.32 Å². The van der Waals surface area contributed by atoms with Gasteiger partial charge >= 0.3 is 12.0 Å². The molecule has 5 nitrogen and oxygen atoms in total. The fraction of sp³-hybridized carbons (Fsp3) is 0.429. The molecule has 1 heterocycles. The van der Waals surface area contributed by atoms with Crippen molar-refractivity contribution in [3.05, 3.63) is 29.0 Å². The average molecular weight is 315 g/mol. The zero-order valence-corrected chi connectivity index (χ0v) is 12.2. The minimum absolute atomic E-state index is 0.0227. The minimum Gasteiger partial charge on any atom is -0.481 e. The topological polar surface area (TPSA) is 69.6 Å². The molecule has 1 saturated heterocycles. The van der Waals surface area contributed by atoms with Crippen molar-refractivity contribution < 1.29 is 19.1 Å². The van der Waals surface area contributed by atoms with Gasteiger partial charge < -0.3 is 15.3 Å². The highest BCUT2D eigenvalue weighted by Gasteiger charge is 2.31. The molecule has 2 unspecified atom stereocenters. The summed E-state index contributed by atoms with van der Waals surface area (Å²) in [4.78, 5) is 24.7. The van der Waals surface area contributed by atoms with Crippen molar-refractivity contribution >= 4 is 29.3 Å². The van der Waals surface area contributed by atoms with E-state index in [1.807, 2.05) is 6.92 Å².